The average molecular weight is 258 g/mol. The van der Waals surface area contributed by atoms with E-state index in [-0.39, 0.29) is 11.5 Å². The van der Waals surface area contributed by atoms with Crippen molar-refractivity contribution in [3.63, 3.8) is 0 Å². The van der Waals surface area contributed by atoms with Gasteiger partial charge in [0, 0.05) is 25.7 Å². The quantitative estimate of drug-likeness (QED) is 0.530. The molecule has 0 amide bonds. The molecule has 0 aliphatic carbocycles. The van der Waals surface area contributed by atoms with Gasteiger partial charge in [0.1, 0.15) is 5.75 Å². The molecule has 1 rings (SSSR count). The van der Waals surface area contributed by atoms with E-state index < -0.39 is 6.61 Å². The highest BCUT2D eigenvalue weighted by Gasteiger charge is 2.07. The number of benzene rings is 1. The zero-order chi connectivity index (χ0) is 13.4. The molecule has 100 valence electrons. The van der Waals surface area contributed by atoms with Crippen LogP contribution in [0.25, 0.3) is 0 Å². The van der Waals surface area contributed by atoms with Crippen molar-refractivity contribution in [1.82, 2.24) is 0 Å². The molecule has 0 unspecified atom stereocenters. The van der Waals surface area contributed by atoms with Crippen LogP contribution in [0.3, 0.4) is 0 Å². The van der Waals surface area contributed by atoms with Gasteiger partial charge in [-0.15, -0.1) is 0 Å². The molecule has 0 aliphatic rings. The van der Waals surface area contributed by atoms with Crippen LogP contribution >= 0.6 is 0 Å². The van der Waals surface area contributed by atoms with Crippen molar-refractivity contribution in [2.24, 2.45) is 0 Å². The van der Waals surface area contributed by atoms with Crippen LogP contribution in [0.15, 0.2) is 24.3 Å². The molecular weight excluding hydrogens is 242 g/mol. The van der Waals surface area contributed by atoms with Crippen molar-refractivity contribution in [1.29, 1.82) is 0 Å². The molecule has 0 fully saturated rings. The molecule has 3 nitrogen and oxygen atoms in total. The van der Waals surface area contributed by atoms with E-state index in [4.69, 9.17) is 4.74 Å². The number of hydrogen-bond acceptors (Lipinski definition) is 3. The van der Waals surface area contributed by atoms with Crippen molar-refractivity contribution in [2.45, 2.75) is 25.9 Å². The number of ether oxygens (including phenoxy) is 2. The van der Waals surface area contributed by atoms with Gasteiger partial charge in [0.2, 0.25) is 0 Å². The number of carbonyl (C=O) groups excluding carboxylic acids is 1. The van der Waals surface area contributed by atoms with Crippen LogP contribution in [0, 0.1) is 0 Å². The third-order valence-corrected chi connectivity index (χ3v) is 2.40. The van der Waals surface area contributed by atoms with Crippen molar-refractivity contribution >= 4 is 5.78 Å². The second-order valence-electron chi connectivity index (χ2n) is 3.78. The molecule has 0 aliphatic heterocycles. The minimum atomic E-state index is -2.85. The fourth-order valence-electron chi connectivity index (χ4n) is 1.50. The van der Waals surface area contributed by atoms with Crippen LogP contribution in [0.2, 0.25) is 0 Å². The number of methoxy groups -OCH3 is 1. The number of alkyl halides is 2. The second-order valence-corrected chi connectivity index (χ2v) is 3.78. The van der Waals surface area contributed by atoms with Gasteiger partial charge in [-0.05, 0) is 37.1 Å². The maximum absolute atomic E-state index is 11.9. The van der Waals surface area contributed by atoms with Crippen molar-refractivity contribution in [3.05, 3.63) is 29.8 Å². The molecular formula is C13H16F2O3. The van der Waals surface area contributed by atoms with E-state index in [0.717, 1.165) is 12.8 Å². The normalized spacial score (nSPS) is 10.7. The average Bonchev–Trinajstić information content (AvgIpc) is 2.34. The summed E-state index contributed by atoms with van der Waals surface area (Å²) in [5.41, 5.74) is 0.508. The highest BCUT2D eigenvalue weighted by molar-refractivity contribution is 5.96. The molecule has 0 aromatic heterocycles. The smallest absolute Gasteiger partial charge is 0.387 e. The first-order valence-electron chi connectivity index (χ1n) is 5.70. The summed E-state index contributed by atoms with van der Waals surface area (Å²) in [5, 5.41) is 0. The monoisotopic (exact) mass is 258 g/mol. The Morgan fingerprint density at radius 1 is 1.22 bits per heavy atom. The first kappa shape index (κ1) is 14.6. The van der Waals surface area contributed by atoms with Gasteiger partial charge in [-0.2, -0.15) is 8.78 Å². The molecule has 0 heterocycles. The number of halogens is 2. The highest BCUT2D eigenvalue weighted by Crippen LogP contribution is 2.16. The summed E-state index contributed by atoms with van der Waals surface area (Å²) in [6.45, 7) is -2.21. The number of ketones is 1. The molecule has 18 heavy (non-hydrogen) atoms. The summed E-state index contributed by atoms with van der Waals surface area (Å²) < 4.78 is 32.9. The van der Waals surface area contributed by atoms with Gasteiger partial charge in [0.15, 0.2) is 5.78 Å². The van der Waals surface area contributed by atoms with Gasteiger partial charge < -0.3 is 9.47 Å². The Bertz CT molecular complexity index is 363. The zero-order valence-electron chi connectivity index (χ0n) is 10.2. The van der Waals surface area contributed by atoms with Gasteiger partial charge in [-0.25, -0.2) is 0 Å². The summed E-state index contributed by atoms with van der Waals surface area (Å²) in [6.07, 6.45) is 2.01. The second kappa shape index (κ2) is 7.76. The van der Waals surface area contributed by atoms with Crippen LogP contribution in [-0.2, 0) is 4.74 Å². The van der Waals surface area contributed by atoms with Gasteiger partial charge in [0.25, 0.3) is 0 Å². The van der Waals surface area contributed by atoms with Crippen molar-refractivity contribution in [3.8, 4) is 5.75 Å². The summed E-state index contributed by atoms with van der Waals surface area (Å²) in [7, 11) is 1.61. The minimum absolute atomic E-state index is 0.00491. The molecule has 5 heteroatoms. The summed E-state index contributed by atoms with van der Waals surface area (Å²) >= 11 is 0. The van der Waals surface area contributed by atoms with Gasteiger partial charge in [0.05, 0.1) is 0 Å². The fraction of sp³-hybridized carbons (Fsp3) is 0.462. The van der Waals surface area contributed by atoms with Gasteiger partial charge >= 0.3 is 6.61 Å². The predicted molar refractivity (Wildman–Crippen MR) is 63.1 cm³/mol. The van der Waals surface area contributed by atoms with Crippen LogP contribution in [0.4, 0.5) is 8.78 Å². The third-order valence-electron chi connectivity index (χ3n) is 2.40. The van der Waals surface area contributed by atoms with E-state index in [1.165, 1.54) is 24.3 Å². The lowest BCUT2D eigenvalue weighted by Crippen LogP contribution is -2.03. The number of rotatable bonds is 8. The summed E-state index contributed by atoms with van der Waals surface area (Å²) in [5.74, 6) is 0.0515. The molecule has 0 N–H and O–H groups in total. The molecule has 1 aromatic carbocycles. The number of hydrogen-bond donors (Lipinski definition) is 0. The lowest BCUT2D eigenvalue weighted by molar-refractivity contribution is -0.0498. The zero-order valence-corrected chi connectivity index (χ0v) is 10.2. The lowest BCUT2D eigenvalue weighted by atomic mass is 10.1. The molecule has 1 aromatic rings. The topological polar surface area (TPSA) is 35.5 Å². The summed E-state index contributed by atoms with van der Waals surface area (Å²) in [6, 6.07) is 5.73. The molecule has 0 spiro atoms. The minimum Gasteiger partial charge on any atom is -0.435 e. The lowest BCUT2D eigenvalue weighted by Gasteiger charge is -2.05. The van der Waals surface area contributed by atoms with E-state index in [9.17, 15) is 13.6 Å². The Morgan fingerprint density at radius 2 is 1.89 bits per heavy atom. The molecule has 0 saturated carbocycles. The Labute approximate surface area is 105 Å². The highest BCUT2D eigenvalue weighted by atomic mass is 19.3. The van der Waals surface area contributed by atoms with E-state index in [2.05, 4.69) is 4.74 Å². The third kappa shape index (κ3) is 5.23. The fourth-order valence-corrected chi connectivity index (χ4v) is 1.50. The van der Waals surface area contributed by atoms with Crippen LogP contribution in [0.5, 0.6) is 5.75 Å². The molecule has 0 radical (unpaired) electrons. The maximum Gasteiger partial charge on any atom is 0.387 e. The van der Waals surface area contributed by atoms with Gasteiger partial charge in [-0.3, -0.25) is 4.79 Å². The van der Waals surface area contributed by atoms with Crippen LogP contribution < -0.4 is 4.74 Å². The molecule has 0 saturated heterocycles. The van der Waals surface area contributed by atoms with E-state index in [1.807, 2.05) is 0 Å². The first-order chi connectivity index (χ1) is 8.63. The summed E-state index contributed by atoms with van der Waals surface area (Å²) in [4.78, 5) is 11.7. The largest absolute Gasteiger partial charge is 0.435 e. The predicted octanol–water partition coefficient (Wildman–Crippen LogP) is 3.29. The molecule has 0 atom stereocenters. The maximum atomic E-state index is 11.9. The Kier molecular flexibility index (Phi) is 6.28. The Balaban J connectivity index is 2.43. The SMILES string of the molecule is COCCCCC(=O)c1ccc(OC(F)F)cc1. The molecule has 0 bridgehead atoms. The first-order valence-corrected chi connectivity index (χ1v) is 5.70. The van der Waals surface area contributed by atoms with Crippen molar-refractivity contribution < 1.29 is 23.0 Å². The number of carbonyl (C=O) groups is 1. The van der Waals surface area contributed by atoms with Gasteiger partial charge in [-0.1, -0.05) is 0 Å². The van der Waals surface area contributed by atoms with Crippen LogP contribution in [0.1, 0.15) is 29.6 Å². The number of unbranched alkanes of at least 4 members (excludes halogenated alkanes) is 1. The Hall–Kier alpha value is -1.49. The standard InChI is InChI=1S/C13H16F2O3/c1-17-9-3-2-4-12(16)10-5-7-11(8-6-10)18-13(14)15/h5-8,13H,2-4,9H2,1H3. The number of Topliss-reactive ketones (excluding diaryl/α,β-unsaturated/α-hetero) is 1. The van der Waals surface area contributed by atoms with E-state index in [1.54, 1.807) is 7.11 Å². The van der Waals surface area contributed by atoms with Crippen molar-refractivity contribution in [2.75, 3.05) is 13.7 Å². The van der Waals surface area contributed by atoms with E-state index >= 15 is 0 Å². The van der Waals surface area contributed by atoms with E-state index in [0.29, 0.717) is 18.6 Å². The Morgan fingerprint density at radius 3 is 2.44 bits per heavy atom. The van der Waals surface area contributed by atoms with Crippen LogP contribution in [-0.4, -0.2) is 26.1 Å².